The van der Waals surface area contributed by atoms with Crippen LogP contribution in [-0.2, 0) is 14.8 Å². The first kappa shape index (κ1) is 15.2. The van der Waals surface area contributed by atoms with E-state index in [4.69, 9.17) is 16.7 Å². The van der Waals surface area contributed by atoms with Crippen molar-refractivity contribution in [2.24, 2.45) is 11.8 Å². The van der Waals surface area contributed by atoms with E-state index in [0.717, 1.165) is 16.4 Å². The highest BCUT2D eigenvalue weighted by atomic mass is 35.5. The van der Waals surface area contributed by atoms with Crippen LogP contribution < -0.4 is 0 Å². The summed E-state index contributed by atoms with van der Waals surface area (Å²) in [6, 6.07) is 3.26. The largest absolute Gasteiger partial charge is 0.481 e. The Morgan fingerprint density at radius 2 is 2.10 bits per heavy atom. The average molecular weight is 322 g/mol. The van der Waals surface area contributed by atoms with Crippen LogP contribution in [0.4, 0.5) is 4.39 Å². The monoisotopic (exact) mass is 321 g/mol. The Bertz CT molecular complexity index is 649. The third-order valence-corrected chi connectivity index (χ3v) is 5.49. The van der Waals surface area contributed by atoms with Crippen LogP contribution >= 0.6 is 11.6 Å². The predicted octanol–water partition coefficient (Wildman–Crippen LogP) is 1.82. The molecule has 1 saturated heterocycles. The molecule has 1 heterocycles. The van der Waals surface area contributed by atoms with Crippen LogP contribution in [0.1, 0.15) is 6.92 Å². The summed E-state index contributed by atoms with van der Waals surface area (Å²) < 4.78 is 39.4. The lowest BCUT2D eigenvalue weighted by atomic mass is 9.99. The van der Waals surface area contributed by atoms with E-state index in [-0.39, 0.29) is 24.0 Å². The zero-order valence-corrected chi connectivity index (χ0v) is 12.2. The van der Waals surface area contributed by atoms with Crippen molar-refractivity contribution in [2.45, 2.75) is 11.8 Å². The summed E-state index contributed by atoms with van der Waals surface area (Å²) >= 11 is 5.69. The molecule has 0 amide bonds. The number of nitrogens with zero attached hydrogens (tertiary/aromatic N) is 1. The van der Waals surface area contributed by atoms with Gasteiger partial charge in [0.15, 0.2) is 0 Å². The number of sulfonamides is 1. The quantitative estimate of drug-likeness (QED) is 0.921. The Balaban J connectivity index is 2.37. The highest BCUT2D eigenvalue weighted by molar-refractivity contribution is 7.89. The molecule has 1 N–H and O–H groups in total. The SMILES string of the molecule is C[C@@H]1CN(S(=O)(=O)c2cc(Cl)ccc2F)C[C@H]1C(=O)O. The van der Waals surface area contributed by atoms with Gasteiger partial charge in [-0.2, -0.15) is 4.31 Å². The first-order valence-corrected chi connectivity index (χ1v) is 7.73. The third-order valence-electron chi connectivity index (χ3n) is 3.41. The summed E-state index contributed by atoms with van der Waals surface area (Å²) in [5.74, 6) is -3.07. The molecule has 0 spiro atoms. The molecule has 1 fully saturated rings. The summed E-state index contributed by atoms with van der Waals surface area (Å²) in [5, 5.41) is 9.12. The summed E-state index contributed by atoms with van der Waals surface area (Å²) in [6.07, 6.45) is 0. The minimum absolute atomic E-state index is 0.0469. The van der Waals surface area contributed by atoms with Gasteiger partial charge in [-0.1, -0.05) is 18.5 Å². The number of rotatable bonds is 3. The van der Waals surface area contributed by atoms with E-state index in [0.29, 0.717) is 0 Å². The molecule has 1 aliphatic rings. The van der Waals surface area contributed by atoms with E-state index in [1.54, 1.807) is 6.92 Å². The molecule has 20 heavy (non-hydrogen) atoms. The van der Waals surface area contributed by atoms with E-state index in [9.17, 15) is 17.6 Å². The first-order chi connectivity index (χ1) is 9.23. The van der Waals surface area contributed by atoms with E-state index >= 15 is 0 Å². The van der Waals surface area contributed by atoms with Crippen molar-refractivity contribution in [1.82, 2.24) is 4.31 Å². The van der Waals surface area contributed by atoms with E-state index < -0.39 is 32.6 Å². The Labute approximate surface area is 121 Å². The molecule has 1 aliphatic heterocycles. The normalized spacial score (nSPS) is 23.9. The minimum atomic E-state index is -4.08. The Hall–Kier alpha value is -1.18. The summed E-state index contributed by atoms with van der Waals surface area (Å²) in [7, 11) is -4.08. The molecule has 2 rings (SSSR count). The van der Waals surface area contributed by atoms with Gasteiger partial charge in [-0.25, -0.2) is 12.8 Å². The number of halogens is 2. The smallest absolute Gasteiger partial charge is 0.308 e. The Morgan fingerprint density at radius 1 is 1.45 bits per heavy atom. The lowest BCUT2D eigenvalue weighted by Gasteiger charge is -2.16. The van der Waals surface area contributed by atoms with Crippen LogP contribution in [0.2, 0.25) is 5.02 Å². The lowest BCUT2D eigenvalue weighted by Crippen LogP contribution is -2.30. The molecule has 8 heteroatoms. The molecular formula is C12H13ClFNO4S. The van der Waals surface area contributed by atoms with E-state index in [1.165, 1.54) is 6.07 Å². The van der Waals surface area contributed by atoms with E-state index in [2.05, 4.69) is 0 Å². The van der Waals surface area contributed by atoms with Gasteiger partial charge in [-0.05, 0) is 24.1 Å². The van der Waals surface area contributed by atoms with Crippen molar-refractivity contribution in [3.63, 3.8) is 0 Å². The molecule has 0 radical (unpaired) electrons. The van der Waals surface area contributed by atoms with Crippen molar-refractivity contribution in [3.05, 3.63) is 29.0 Å². The van der Waals surface area contributed by atoms with Gasteiger partial charge in [0.05, 0.1) is 5.92 Å². The van der Waals surface area contributed by atoms with Gasteiger partial charge in [0.1, 0.15) is 10.7 Å². The topological polar surface area (TPSA) is 74.7 Å². The summed E-state index contributed by atoms with van der Waals surface area (Å²) in [4.78, 5) is 10.5. The van der Waals surface area contributed by atoms with Gasteiger partial charge in [0, 0.05) is 18.1 Å². The van der Waals surface area contributed by atoms with Crippen LogP contribution in [0.25, 0.3) is 0 Å². The first-order valence-electron chi connectivity index (χ1n) is 5.91. The fourth-order valence-corrected chi connectivity index (χ4v) is 4.15. The molecule has 0 aliphatic carbocycles. The number of carbonyl (C=O) groups is 1. The minimum Gasteiger partial charge on any atom is -0.481 e. The average Bonchev–Trinajstić information content (AvgIpc) is 2.75. The zero-order valence-electron chi connectivity index (χ0n) is 10.6. The van der Waals surface area contributed by atoms with Crippen LogP contribution in [0.15, 0.2) is 23.1 Å². The molecular weight excluding hydrogens is 309 g/mol. The third kappa shape index (κ3) is 2.65. The Kier molecular flexibility index (Phi) is 4.04. The number of hydrogen-bond donors (Lipinski definition) is 1. The van der Waals surface area contributed by atoms with Crippen molar-refractivity contribution >= 4 is 27.6 Å². The molecule has 110 valence electrons. The van der Waals surface area contributed by atoms with Crippen LogP contribution in [0.3, 0.4) is 0 Å². The van der Waals surface area contributed by atoms with Crippen LogP contribution in [0.5, 0.6) is 0 Å². The van der Waals surface area contributed by atoms with Crippen molar-refractivity contribution in [3.8, 4) is 0 Å². The maximum Gasteiger partial charge on any atom is 0.308 e. The molecule has 0 saturated carbocycles. The molecule has 5 nitrogen and oxygen atoms in total. The predicted molar refractivity (Wildman–Crippen MR) is 70.5 cm³/mol. The van der Waals surface area contributed by atoms with Gasteiger partial charge in [-0.15, -0.1) is 0 Å². The summed E-state index contributed by atoms with van der Waals surface area (Å²) in [6.45, 7) is 1.54. The fraction of sp³-hybridized carbons (Fsp3) is 0.417. The number of aliphatic carboxylic acids is 1. The lowest BCUT2D eigenvalue weighted by molar-refractivity contribution is -0.142. The number of carboxylic acid groups (broad SMARTS) is 1. The van der Waals surface area contributed by atoms with Gasteiger partial charge in [0.25, 0.3) is 0 Å². The highest BCUT2D eigenvalue weighted by Crippen LogP contribution is 2.30. The standard InChI is InChI=1S/C12H13ClFNO4S/c1-7-5-15(6-9(7)12(16)17)20(18,19)11-4-8(13)2-3-10(11)14/h2-4,7,9H,5-6H2,1H3,(H,16,17)/t7-,9-/m1/s1. The van der Waals surface area contributed by atoms with Gasteiger partial charge >= 0.3 is 5.97 Å². The van der Waals surface area contributed by atoms with Crippen LogP contribution in [-0.4, -0.2) is 36.9 Å². The number of benzene rings is 1. The van der Waals surface area contributed by atoms with E-state index in [1.807, 2.05) is 0 Å². The second-order valence-corrected chi connectivity index (χ2v) is 7.16. The van der Waals surface area contributed by atoms with Crippen LogP contribution in [0, 0.1) is 17.7 Å². The molecule has 0 unspecified atom stereocenters. The van der Waals surface area contributed by atoms with Crippen molar-refractivity contribution in [2.75, 3.05) is 13.1 Å². The zero-order chi connectivity index (χ0) is 15.1. The van der Waals surface area contributed by atoms with Gasteiger partial charge in [-0.3, -0.25) is 4.79 Å². The van der Waals surface area contributed by atoms with Crippen molar-refractivity contribution in [1.29, 1.82) is 0 Å². The van der Waals surface area contributed by atoms with Gasteiger partial charge in [0.2, 0.25) is 10.0 Å². The highest BCUT2D eigenvalue weighted by Gasteiger charge is 2.41. The second-order valence-electron chi connectivity index (χ2n) is 4.82. The fourth-order valence-electron chi connectivity index (χ4n) is 2.25. The maximum atomic E-state index is 13.7. The summed E-state index contributed by atoms with van der Waals surface area (Å²) in [5.41, 5.74) is 0. The number of carboxylic acids is 1. The second kappa shape index (κ2) is 5.31. The molecule has 2 atom stereocenters. The van der Waals surface area contributed by atoms with Gasteiger partial charge < -0.3 is 5.11 Å². The molecule has 1 aromatic carbocycles. The van der Waals surface area contributed by atoms with Crippen molar-refractivity contribution < 1.29 is 22.7 Å². The molecule has 0 bridgehead atoms. The maximum absolute atomic E-state index is 13.7. The molecule has 0 aromatic heterocycles. The number of hydrogen-bond acceptors (Lipinski definition) is 3. The molecule has 1 aromatic rings. The Morgan fingerprint density at radius 3 is 2.65 bits per heavy atom.